The normalized spacial score (nSPS) is 16.2. The molecule has 0 unspecified atom stereocenters. The second-order valence-electron chi connectivity index (χ2n) is 7.62. The van der Waals surface area contributed by atoms with Crippen LogP contribution in [0, 0.1) is 11.3 Å². The van der Waals surface area contributed by atoms with Crippen molar-refractivity contribution in [2.24, 2.45) is 0 Å². The maximum atomic E-state index is 9.00. The summed E-state index contributed by atoms with van der Waals surface area (Å²) >= 11 is 7.36. The third-order valence-corrected chi connectivity index (χ3v) is 6.62. The molecule has 1 aromatic carbocycles. The van der Waals surface area contributed by atoms with E-state index in [-0.39, 0.29) is 6.04 Å². The lowest BCUT2D eigenvalue weighted by Crippen LogP contribution is -2.23. The predicted molar refractivity (Wildman–Crippen MR) is 126 cm³/mol. The van der Waals surface area contributed by atoms with Gasteiger partial charge in [0.2, 0.25) is 0 Å². The second kappa shape index (κ2) is 9.09. The van der Waals surface area contributed by atoms with Crippen molar-refractivity contribution in [1.82, 2.24) is 25.1 Å². The molecule has 1 atom stereocenters. The average Bonchev–Trinajstić information content (AvgIpc) is 3.56. The number of nitrogens with one attached hydrogen (secondary N) is 2. The van der Waals surface area contributed by atoms with Crippen molar-refractivity contribution in [3.63, 3.8) is 0 Å². The van der Waals surface area contributed by atoms with Crippen LogP contribution in [0.5, 0.6) is 0 Å². The number of hydrogen-bond acceptors (Lipinski definition) is 7. The number of anilines is 2. The quantitative estimate of drug-likeness (QED) is 0.392. The largest absolute Gasteiger partial charge is 0.316 e. The lowest BCUT2D eigenvalue weighted by atomic mass is 10.1. The molecule has 4 aromatic rings. The minimum absolute atomic E-state index is 0.232. The van der Waals surface area contributed by atoms with E-state index in [4.69, 9.17) is 21.8 Å². The maximum absolute atomic E-state index is 9.00. The summed E-state index contributed by atoms with van der Waals surface area (Å²) in [6.07, 6.45) is 5.65. The van der Waals surface area contributed by atoms with Crippen LogP contribution in [-0.2, 0) is 6.54 Å². The molecule has 7 nitrogen and oxygen atoms in total. The highest BCUT2D eigenvalue weighted by atomic mass is 35.5. The molecule has 1 aliphatic rings. The van der Waals surface area contributed by atoms with Crippen molar-refractivity contribution in [3.05, 3.63) is 76.0 Å². The van der Waals surface area contributed by atoms with Gasteiger partial charge in [-0.2, -0.15) is 10.4 Å². The van der Waals surface area contributed by atoms with Gasteiger partial charge in [-0.15, -0.1) is 0 Å². The Labute approximate surface area is 194 Å². The smallest absolute Gasteiger partial charge is 0.189 e. The number of H-pyrrole nitrogens is 1. The first kappa shape index (κ1) is 20.6. The molecule has 4 heterocycles. The van der Waals surface area contributed by atoms with Gasteiger partial charge in [0.25, 0.3) is 0 Å². The topological polar surface area (TPSA) is 93.5 Å². The minimum Gasteiger partial charge on any atom is -0.316 e. The molecule has 0 aliphatic carbocycles. The van der Waals surface area contributed by atoms with E-state index in [1.54, 1.807) is 6.20 Å². The highest BCUT2D eigenvalue weighted by molar-refractivity contribution is 7.16. The van der Waals surface area contributed by atoms with Crippen molar-refractivity contribution < 1.29 is 0 Å². The highest BCUT2D eigenvalue weighted by Crippen LogP contribution is 2.34. The number of nitriles is 1. The summed E-state index contributed by atoms with van der Waals surface area (Å²) in [5.41, 5.74) is 4.27. The van der Waals surface area contributed by atoms with Crippen LogP contribution < -0.4 is 5.32 Å². The number of thiazole rings is 1. The zero-order valence-corrected chi connectivity index (χ0v) is 18.7. The molecular weight excluding hydrogens is 442 g/mol. The number of likely N-dealkylation sites (tertiary alicyclic amines) is 1. The zero-order valence-electron chi connectivity index (χ0n) is 17.1. The molecule has 2 N–H and O–H groups in total. The van der Waals surface area contributed by atoms with Gasteiger partial charge in [-0.25, -0.2) is 9.97 Å². The molecule has 160 valence electrons. The van der Waals surface area contributed by atoms with Crippen molar-refractivity contribution in [2.75, 3.05) is 11.9 Å². The SMILES string of the molecule is N#Cc1cnc(Nc2cccc([C@H]3CCCN3Cc3cn[nH]c3-c3ccc(Cl)cc3)n2)s1. The van der Waals surface area contributed by atoms with Gasteiger partial charge >= 0.3 is 0 Å². The average molecular weight is 462 g/mol. The Bertz CT molecular complexity index is 1260. The molecule has 0 spiro atoms. The molecule has 0 amide bonds. The molecule has 0 radical (unpaired) electrons. The summed E-state index contributed by atoms with van der Waals surface area (Å²) in [4.78, 5) is 12.1. The van der Waals surface area contributed by atoms with Gasteiger partial charge in [-0.3, -0.25) is 10.00 Å². The number of rotatable bonds is 6. The van der Waals surface area contributed by atoms with Crippen molar-refractivity contribution in [2.45, 2.75) is 25.4 Å². The molecule has 0 bridgehead atoms. The summed E-state index contributed by atoms with van der Waals surface area (Å²) in [5.74, 6) is 0.735. The highest BCUT2D eigenvalue weighted by Gasteiger charge is 2.28. The Morgan fingerprint density at radius 1 is 1.22 bits per heavy atom. The molecule has 1 saturated heterocycles. The number of halogens is 1. The number of benzene rings is 1. The van der Waals surface area contributed by atoms with Crippen molar-refractivity contribution >= 4 is 33.9 Å². The van der Waals surface area contributed by atoms with E-state index in [0.29, 0.717) is 10.0 Å². The van der Waals surface area contributed by atoms with Crippen molar-refractivity contribution in [3.8, 4) is 17.3 Å². The van der Waals surface area contributed by atoms with Gasteiger partial charge in [-0.05, 0) is 49.2 Å². The van der Waals surface area contributed by atoms with E-state index >= 15 is 0 Å². The molecule has 1 aliphatic heterocycles. The van der Waals surface area contributed by atoms with Crippen LogP contribution in [0.4, 0.5) is 10.9 Å². The number of aromatic amines is 1. The van der Waals surface area contributed by atoms with E-state index in [9.17, 15) is 0 Å². The Kier molecular flexibility index (Phi) is 5.86. The lowest BCUT2D eigenvalue weighted by Gasteiger charge is -2.24. The minimum atomic E-state index is 0.232. The summed E-state index contributed by atoms with van der Waals surface area (Å²) in [6, 6.07) is 16.2. The molecular formula is C23H20ClN7S. The first-order valence-corrected chi connectivity index (χ1v) is 11.5. The van der Waals surface area contributed by atoms with E-state index in [2.05, 4.69) is 37.5 Å². The standard InChI is InChI=1S/C23H20ClN7S/c24-17-8-6-15(7-9-17)22-16(12-27-30-22)14-31-10-2-4-20(31)19-3-1-5-21(28-19)29-23-26-13-18(11-25)32-23/h1,3,5-9,12-13,20H,2,4,10,14H2,(H,27,30)(H,26,28,29)/t20-/m1/s1. The van der Waals surface area contributed by atoms with E-state index < -0.39 is 0 Å². The molecule has 1 fully saturated rings. The van der Waals surface area contributed by atoms with Crippen LogP contribution in [0.15, 0.2) is 54.9 Å². The van der Waals surface area contributed by atoms with Crippen molar-refractivity contribution in [1.29, 1.82) is 5.26 Å². The van der Waals surface area contributed by atoms with Gasteiger partial charge in [0.15, 0.2) is 5.13 Å². The molecule has 9 heteroatoms. The van der Waals surface area contributed by atoms with E-state index in [0.717, 1.165) is 59.3 Å². The summed E-state index contributed by atoms with van der Waals surface area (Å²) in [5, 5.41) is 21.0. The monoisotopic (exact) mass is 461 g/mol. The van der Waals surface area contributed by atoms with Crippen LogP contribution in [0.1, 0.15) is 35.0 Å². The fourth-order valence-corrected chi connectivity index (χ4v) is 4.81. The fourth-order valence-electron chi connectivity index (χ4n) is 4.07. The second-order valence-corrected chi connectivity index (χ2v) is 9.09. The number of hydrogen-bond donors (Lipinski definition) is 2. The number of aromatic nitrogens is 4. The van der Waals surface area contributed by atoms with Gasteiger partial charge < -0.3 is 5.32 Å². The summed E-state index contributed by atoms with van der Waals surface area (Å²) < 4.78 is 0. The Morgan fingerprint density at radius 2 is 2.09 bits per heavy atom. The van der Waals surface area contributed by atoms with Gasteiger partial charge in [0.05, 0.1) is 29.8 Å². The van der Waals surface area contributed by atoms with Crippen LogP contribution in [0.2, 0.25) is 5.02 Å². The van der Waals surface area contributed by atoms with Gasteiger partial charge in [0, 0.05) is 17.1 Å². The molecule has 32 heavy (non-hydrogen) atoms. The Hall–Kier alpha value is -3.25. The molecule has 3 aromatic heterocycles. The predicted octanol–water partition coefficient (Wildman–Crippen LogP) is 5.53. The third kappa shape index (κ3) is 4.36. The Balaban J connectivity index is 1.34. The number of nitrogens with zero attached hydrogens (tertiary/aromatic N) is 5. The van der Waals surface area contributed by atoms with Crippen LogP contribution in [0.25, 0.3) is 11.3 Å². The van der Waals surface area contributed by atoms with Crippen LogP contribution in [0.3, 0.4) is 0 Å². The third-order valence-electron chi connectivity index (χ3n) is 5.55. The van der Waals surface area contributed by atoms with Crippen LogP contribution in [-0.4, -0.2) is 31.6 Å². The first-order chi connectivity index (χ1) is 15.7. The zero-order chi connectivity index (χ0) is 21.9. The first-order valence-electron chi connectivity index (χ1n) is 10.3. The number of pyridine rings is 1. The molecule has 5 rings (SSSR count). The van der Waals surface area contributed by atoms with E-state index in [1.165, 1.54) is 11.3 Å². The van der Waals surface area contributed by atoms with Gasteiger partial charge in [-0.1, -0.05) is 41.1 Å². The molecule has 0 saturated carbocycles. The summed E-state index contributed by atoms with van der Waals surface area (Å²) in [7, 11) is 0. The summed E-state index contributed by atoms with van der Waals surface area (Å²) in [6.45, 7) is 1.80. The maximum Gasteiger partial charge on any atom is 0.189 e. The lowest BCUT2D eigenvalue weighted by molar-refractivity contribution is 0.245. The van der Waals surface area contributed by atoms with Crippen LogP contribution >= 0.6 is 22.9 Å². The van der Waals surface area contributed by atoms with E-state index in [1.807, 2.05) is 42.6 Å². The fraction of sp³-hybridized carbons (Fsp3) is 0.217. The Morgan fingerprint density at radius 3 is 2.91 bits per heavy atom. The van der Waals surface area contributed by atoms with Gasteiger partial charge in [0.1, 0.15) is 16.8 Å².